The molecule has 3 rings (SSSR count). The molecule has 0 atom stereocenters. The van der Waals surface area contributed by atoms with Crippen molar-refractivity contribution < 1.29 is 4.74 Å². The van der Waals surface area contributed by atoms with E-state index in [1.165, 1.54) is 28.3 Å². The molecule has 1 heterocycles. The van der Waals surface area contributed by atoms with E-state index in [2.05, 4.69) is 24.4 Å². The molecule has 1 aromatic heterocycles. The summed E-state index contributed by atoms with van der Waals surface area (Å²) in [6.07, 6.45) is 3.71. The molecule has 0 aliphatic heterocycles. The molecule has 4 heteroatoms. The summed E-state index contributed by atoms with van der Waals surface area (Å²) in [5.41, 5.74) is 2.28. The predicted molar refractivity (Wildman–Crippen MR) is 83.6 cm³/mol. The number of hydrogen-bond donors (Lipinski definition) is 1. The van der Waals surface area contributed by atoms with E-state index in [-0.39, 0.29) is 0 Å². The lowest BCUT2D eigenvalue weighted by Gasteiger charge is -2.02. The number of thiazole rings is 1. The highest BCUT2D eigenvalue weighted by Gasteiger charge is 2.20. The van der Waals surface area contributed by atoms with Crippen molar-refractivity contribution in [2.75, 3.05) is 13.7 Å². The average molecular weight is 288 g/mol. The van der Waals surface area contributed by atoms with Gasteiger partial charge in [0, 0.05) is 29.4 Å². The maximum absolute atomic E-state index is 5.20. The van der Waals surface area contributed by atoms with E-state index < -0.39 is 0 Å². The zero-order valence-electron chi connectivity index (χ0n) is 12.0. The molecule has 0 amide bonds. The van der Waals surface area contributed by atoms with Crippen LogP contribution in [-0.4, -0.2) is 24.7 Å². The third-order valence-electron chi connectivity index (χ3n) is 3.55. The third-order valence-corrected chi connectivity index (χ3v) is 4.58. The minimum atomic E-state index is 0.775. The molecule has 0 bridgehead atoms. The van der Waals surface area contributed by atoms with Crippen LogP contribution in [0.2, 0.25) is 0 Å². The number of benzene rings is 1. The highest BCUT2D eigenvalue weighted by molar-refractivity contribution is 7.12. The normalized spacial score (nSPS) is 14.5. The Morgan fingerprint density at radius 1 is 1.30 bits per heavy atom. The van der Waals surface area contributed by atoms with Crippen LogP contribution < -0.4 is 10.1 Å². The number of aryl methyl sites for hydroxylation is 1. The summed E-state index contributed by atoms with van der Waals surface area (Å²) >= 11 is 1.81. The van der Waals surface area contributed by atoms with Crippen LogP contribution in [0.3, 0.4) is 0 Å². The fourth-order valence-corrected chi connectivity index (χ4v) is 3.20. The van der Waals surface area contributed by atoms with Crippen molar-refractivity contribution in [3.8, 4) is 17.0 Å². The lowest BCUT2D eigenvalue weighted by Crippen LogP contribution is -2.19. The zero-order valence-corrected chi connectivity index (χ0v) is 12.8. The second kappa shape index (κ2) is 5.94. The Morgan fingerprint density at radius 3 is 2.70 bits per heavy atom. The fraction of sp³-hybridized carbons (Fsp3) is 0.438. The Morgan fingerprint density at radius 2 is 2.05 bits per heavy atom. The Hall–Kier alpha value is -1.39. The molecule has 2 aromatic rings. The van der Waals surface area contributed by atoms with Gasteiger partial charge in [0.2, 0.25) is 0 Å². The first-order valence-corrected chi connectivity index (χ1v) is 7.92. The zero-order chi connectivity index (χ0) is 13.9. The van der Waals surface area contributed by atoms with E-state index in [0.29, 0.717) is 0 Å². The van der Waals surface area contributed by atoms with Crippen molar-refractivity contribution >= 4 is 11.3 Å². The van der Waals surface area contributed by atoms with Crippen LogP contribution in [-0.2, 0) is 6.42 Å². The molecule has 0 unspecified atom stereocenters. The Labute approximate surface area is 124 Å². The molecule has 0 spiro atoms. The van der Waals surface area contributed by atoms with Crippen LogP contribution in [0.15, 0.2) is 24.3 Å². The number of hydrogen-bond acceptors (Lipinski definition) is 4. The lowest BCUT2D eigenvalue weighted by atomic mass is 10.1. The van der Waals surface area contributed by atoms with Gasteiger partial charge in [-0.05, 0) is 44.0 Å². The Balaban J connectivity index is 1.69. The fourth-order valence-electron chi connectivity index (χ4n) is 2.25. The van der Waals surface area contributed by atoms with Gasteiger partial charge in [-0.2, -0.15) is 0 Å². The monoisotopic (exact) mass is 288 g/mol. The first kappa shape index (κ1) is 13.6. The van der Waals surface area contributed by atoms with Crippen LogP contribution in [0.25, 0.3) is 11.3 Å². The second-order valence-electron chi connectivity index (χ2n) is 5.22. The molecule has 1 aliphatic carbocycles. The number of methoxy groups -OCH3 is 1. The number of ether oxygens (including phenoxy) is 1. The number of nitrogens with zero attached hydrogens (tertiary/aromatic N) is 1. The van der Waals surface area contributed by atoms with E-state index >= 15 is 0 Å². The topological polar surface area (TPSA) is 34.1 Å². The van der Waals surface area contributed by atoms with Crippen LogP contribution in [0.4, 0.5) is 0 Å². The molecular formula is C16H20N2OS. The molecule has 0 radical (unpaired) electrons. The van der Waals surface area contributed by atoms with Crippen LogP contribution in [0, 0.1) is 6.92 Å². The van der Waals surface area contributed by atoms with Gasteiger partial charge in [0.15, 0.2) is 0 Å². The summed E-state index contributed by atoms with van der Waals surface area (Å²) in [5, 5.41) is 4.76. The van der Waals surface area contributed by atoms with Crippen molar-refractivity contribution in [3.63, 3.8) is 0 Å². The van der Waals surface area contributed by atoms with Crippen LogP contribution >= 0.6 is 11.3 Å². The van der Waals surface area contributed by atoms with Crippen molar-refractivity contribution in [2.24, 2.45) is 0 Å². The van der Waals surface area contributed by atoms with E-state index in [9.17, 15) is 0 Å². The van der Waals surface area contributed by atoms with E-state index in [4.69, 9.17) is 9.72 Å². The molecular weight excluding hydrogens is 268 g/mol. The lowest BCUT2D eigenvalue weighted by molar-refractivity contribution is 0.415. The number of rotatable bonds is 6. The first-order chi connectivity index (χ1) is 9.76. The standard InChI is InChI=1S/C16H20N2OS/c1-11-16(12-3-7-14(19-2)8-4-12)18-15(20-11)9-10-17-13-5-6-13/h3-4,7-8,13,17H,5-6,9-10H2,1-2H3. The SMILES string of the molecule is COc1ccc(-c2nc(CCNC3CC3)sc2C)cc1. The number of nitrogens with one attached hydrogen (secondary N) is 1. The van der Waals surface area contributed by atoms with Crippen LogP contribution in [0.5, 0.6) is 5.75 Å². The summed E-state index contributed by atoms with van der Waals surface area (Å²) in [6.45, 7) is 3.19. The van der Waals surface area contributed by atoms with Gasteiger partial charge in [0.1, 0.15) is 5.75 Å². The highest BCUT2D eigenvalue weighted by atomic mass is 32.1. The van der Waals surface area contributed by atoms with E-state index in [0.717, 1.165) is 30.5 Å². The van der Waals surface area contributed by atoms with Gasteiger partial charge in [-0.15, -0.1) is 11.3 Å². The van der Waals surface area contributed by atoms with Gasteiger partial charge in [-0.1, -0.05) is 0 Å². The van der Waals surface area contributed by atoms with E-state index in [1.807, 2.05) is 23.5 Å². The summed E-state index contributed by atoms with van der Waals surface area (Å²) in [5.74, 6) is 0.885. The molecule has 1 aliphatic rings. The Bertz CT molecular complexity index is 573. The van der Waals surface area contributed by atoms with Gasteiger partial charge in [0.05, 0.1) is 17.8 Å². The third kappa shape index (κ3) is 3.19. The highest BCUT2D eigenvalue weighted by Crippen LogP contribution is 2.29. The van der Waals surface area contributed by atoms with Gasteiger partial charge in [0.25, 0.3) is 0 Å². The van der Waals surface area contributed by atoms with Crippen molar-refractivity contribution in [3.05, 3.63) is 34.2 Å². The minimum Gasteiger partial charge on any atom is -0.497 e. The molecule has 1 aromatic carbocycles. The maximum Gasteiger partial charge on any atom is 0.118 e. The summed E-state index contributed by atoms with van der Waals surface area (Å²) in [7, 11) is 1.69. The van der Waals surface area contributed by atoms with Gasteiger partial charge >= 0.3 is 0 Å². The minimum absolute atomic E-state index is 0.775. The first-order valence-electron chi connectivity index (χ1n) is 7.10. The summed E-state index contributed by atoms with van der Waals surface area (Å²) in [6, 6.07) is 8.91. The molecule has 1 fully saturated rings. The summed E-state index contributed by atoms with van der Waals surface area (Å²) < 4.78 is 5.20. The molecule has 106 valence electrons. The molecule has 20 heavy (non-hydrogen) atoms. The molecule has 1 saturated carbocycles. The summed E-state index contributed by atoms with van der Waals surface area (Å²) in [4.78, 5) is 6.08. The largest absolute Gasteiger partial charge is 0.497 e. The van der Waals surface area contributed by atoms with Crippen molar-refractivity contribution in [1.29, 1.82) is 0 Å². The predicted octanol–water partition coefficient (Wildman–Crippen LogP) is 3.42. The van der Waals surface area contributed by atoms with Crippen molar-refractivity contribution in [2.45, 2.75) is 32.2 Å². The van der Waals surface area contributed by atoms with Crippen LogP contribution in [0.1, 0.15) is 22.7 Å². The quantitative estimate of drug-likeness (QED) is 0.884. The second-order valence-corrected chi connectivity index (χ2v) is 6.51. The van der Waals surface area contributed by atoms with Gasteiger partial charge in [-0.3, -0.25) is 0 Å². The molecule has 1 N–H and O–H groups in total. The van der Waals surface area contributed by atoms with Crippen molar-refractivity contribution in [1.82, 2.24) is 10.3 Å². The Kier molecular flexibility index (Phi) is 4.03. The maximum atomic E-state index is 5.20. The smallest absolute Gasteiger partial charge is 0.118 e. The van der Waals surface area contributed by atoms with E-state index in [1.54, 1.807) is 7.11 Å². The molecule has 0 saturated heterocycles. The molecule has 3 nitrogen and oxygen atoms in total. The van der Waals surface area contributed by atoms with Gasteiger partial charge in [-0.25, -0.2) is 4.98 Å². The number of aromatic nitrogens is 1. The average Bonchev–Trinajstić information content (AvgIpc) is 3.21. The van der Waals surface area contributed by atoms with Gasteiger partial charge < -0.3 is 10.1 Å².